The predicted molar refractivity (Wildman–Crippen MR) is 66.8 cm³/mol. The third-order valence-corrected chi connectivity index (χ3v) is 3.51. The van der Waals surface area contributed by atoms with Crippen molar-refractivity contribution < 1.29 is 4.92 Å². The summed E-state index contributed by atoms with van der Waals surface area (Å²) in [5.41, 5.74) is 0.987. The van der Waals surface area contributed by atoms with E-state index in [-0.39, 0.29) is 16.7 Å². The molecule has 0 bridgehead atoms. The average molecular weight is 234 g/mol. The van der Waals surface area contributed by atoms with Crippen molar-refractivity contribution >= 4 is 5.69 Å². The van der Waals surface area contributed by atoms with Gasteiger partial charge >= 0.3 is 0 Å². The zero-order chi connectivity index (χ0) is 12.4. The first-order valence-corrected chi connectivity index (χ1v) is 6.12. The highest BCUT2D eigenvalue weighted by Crippen LogP contribution is 2.36. The van der Waals surface area contributed by atoms with Gasteiger partial charge in [0.15, 0.2) is 0 Å². The molecule has 1 aromatic rings. The molecule has 1 saturated carbocycles. The summed E-state index contributed by atoms with van der Waals surface area (Å²) in [4.78, 5) is 10.6. The van der Waals surface area contributed by atoms with E-state index >= 15 is 0 Å². The van der Waals surface area contributed by atoms with E-state index in [2.05, 4.69) is 12.2 Å². The Hall–Kier alpha value is -1.42. The smallest absolute Gasteiger partial charge is 0.274 e. The Morgan fingerprint density at radius 3 is 2.82 bits per heavy atom. The second kappa shape index (κ2) is 4.84. The topological polar surface area (TPSA) is 55.2 Å². The van der Waals surface area contributed by atoms with E-state index in [1.807, 2.05) is 19.1 Å². The van der Waals surface area contributed by atoms with E-state index in [0.717, 1.165) is 11.5 Å². The summed E-state index contributed by atoms with van der Waals surface area (Å²) in [6, 6.07) is 7.54. The van der Waals surface area contributed by atoms with Gasteiger partial charge in [0.1, 0.15) is 0 Å². The van der Waals surface area contributed by atoms with Gasteiger partial charge in [-0.15, -0.1) is 0 Å². The highest BCUT2D eigenvalue weighted by Gasteiger charge is 2.36. The van der Waals surface area contributed by atoms with Crippen LogP contribution < -0.4 is 5.32 Å². The molecule has 0 amide bonds. The maximum absolute atomic E-state index is 10.9. The molecule has 1 fully saturated rings. The fourth-order valence-corrected chi connectivity index (χ4v) is 2.33. The Morgan fingerprint density at radius 2 is 2.24 bits per heavy atom. The summed E-state index contributed by atoms with van der Waals surface area (Å²) < 4.78 is 0. The van der Waals surface area contributed by atoms with Gasteiger partial charge in [0.2, 0.25) is 0 Å². The predicted octanol–water partition coefficient (Wildman–Crippen LogP) is 3.04. The molecule has 0 radical (unpaired) electrons. The molecule has 3 atom stereocenters. The Balaban J connectivity index is 2.08. The Kier molecular flexibility index (Phi) is 3.43. The van der Waals surface area contributed by atoms with Gasteiger partial charge in [-0.25, -0.2) is 0 Å². The van der Waals surface area contributed by atoms with E-state index in [0.29, 0.717) is 6.04 Å². The molecule has 3 unspecified atom stereocenters. The third kappa shape index (κ3) is 2.64. The van der Waals surface area contributed by atoms with Crippen LogP contribution in [0.15, 0.2) is 24.3 Å². The van der Waals surface area contributed by atoms with Crippen LogP contribution in [0.4, 0.5) is 5.69 Å². The minimum absolute atomic E-state index is 0.0400. The molecule has 17 heavy (non-hydrogen) atoms. The van der Waals surface area contributed by atoms with Crippen LogP contribution in [-0.2, 0) is 0 Å². The summed E-state index contributed by atoms with van der Waals surface area (Å²) >= 11 is 0. The molecule has 0 heterocycles. The molecule has 4 nitrogen and oxygen atoms in total. The Bertz CT molecular complexity index is 420. The van der Waals surface area contributed by atoms with Crippen LogP contribution in [0.25, 0.3) is 0 Å². The number of nitro benzene ring substituents is 1. The number of hydrogen-bond donors (Lipinski definition) is 1. The third-order valence-electron chi connectivity index (χ3n) is 3.51. The van der Waals surface area contributed by atoms with Gasteiger partial charge in [-0.3, -0.25) is 10.1 Å². The van der Waals surface area contributed by atoms with Crippen molar-refractivity contribution in [1.29, 1.82) is 0 Å². The molecule has 0 aromatic heterocycles. The molecule has 0 saturated heterocycles. The van der Waals surface area contributed by atoms with Crippen LogP contribution in [0.3, 0.4) is 0 Å². The molecular weight excluding hydrogens is 216 g/mol. The van der Waals surface area contributed by atoms with Crippen molar-refractivity contribution in [3.63, 3.8) is 0 Å². The molecule has 92 valence electrons. The van der Waals surface area contributed by atoms with Crippen LogP contribution in [0.1, 0.15) is 38.3 Å². The number of nitro groups is 1. The lowest BCUT2D eigenvalue weighted by Gasteiger charge is -2.14. The highest BCUT2D eigenvalue weighted by molar-refractivity contribution is 5.41. The number of benzene rings is 1. The van der Waals surface area contributed by atoms with E-state index in [1.165, 1.54) is 12.8 Å². The maximum Gasteiger partial charge on any atom is 0.274 e. The van der Waals surface area contributed by atoms with Crippen LogP contribution in [-0.4, -0.2) is 11.0 Å². The van der Waals surface area contributed by atoms with E-state index in [1.54, 1.807) is 12.1 Å². The number of rotatable bonds is 5. The standard InChI is InChI=1S/C13H18N2O2/c1-3-10-8-12(10)14-9(2)11-6-4-5-7-13(11)15(16)17/h4-7,9-10,12,14H,3,8H2,1-2H3. The molecule has 1 N–H and O–H groups in total. The Morgan fingerprint density at radius 1 is 1.53 bits per heavy atom. The van der Waals surface area contributed by atoms with E-state index < -0.39 is 0 Å². The zero-order valence-corrected chi connectivity index (χ0v) is 10.2. The van der Waals surface area contributed by atoms with Crippen LogP contribution >= 0.6 is 0 Å². The second-order valence-electron chi connectivity index (χ2n) is 4.71. The molecule has 0 spiro atoms. The number of nitrogens with zero attached hydrogens (tertiary/aromatic N) is 1. The zero-order valence-electron chi connectivity index (χ0n) is 10.2. The average Bonchev–Trinajstić information content (AvgIpc) is 3.07. The van der Waals surface area contributed by atoms with Gasteiger partial charge in [-0.2, -0.15) is 0 Å². The lowest BCUT2D eigenvalue weighted by Crippen LogP contribution is -2.23. The highest BCUT2D eigenvalue weighted by atomic mass is 16.6. The first kappa shape index (κ1) is 12.0. The monoisotopic (exact) mass is 234 g/mol. The summed E-state index contributed by atoms with van der Waals surface area (Å²) in [5.74, 6) is 0.750. The fourth-order valence-electron chi connectivity index (χ4n) is 2.33. The quantitative estimate of drug-likeness (QED) is 0.629. The molecule has 4 heteroatoms. The van der Waals surface area contributed by atoms with Gasteiger partial charge in [-0.05, 0) is 19.3 Å². The van der Waals surface area contributed by atoms with Crippen molar-refractivity contribution in [2.45, 2.75) is 38.8 Å². The lowest BCUT2D eigenvalue weighted by atomic mass is 10.1. The number of para-hydroxylation sites is 1. The fraction of sp³-hybridized carbons (Fsp3) is 0.538. The molecule has 1 aromatic carbocycles. The maximum atomic E-state index is 10.9. The molecule has 1 aliphatic rings. The number of nitrogens with one attached hydrogen (secondary N) is 1. The van der Waals surface area contributed by atoms with Crippen LogP contribution in [0.2, 0.25) is 0 Å². The summed E-state index contributed by atoms with van der Waals surface area (Å²) in [7, 11) is 0. The SMILES string of the molecule is CCC1CC1NC(C)c1ccccc1[N+](=O)[O-]. The lowest BCUT2D eigenvalue weighted by molar-refractivity contribution is -0.385. The van der Waals surface area contributed by atoms with Gasteiger partial charge in [-0.1, -0.05) is 31.5 Å². The minimum atomic E-state index is -0.308. The Labute approximate surface area is 101 Å². The van der Waals surface area contributed by atoms with Gasteiger partial charge in [0, 0.05) is 23.7 Å². The van der Waals surface area contributed by atoms with E-state index in [4.69, 9.17) is 0 Å². The van der Waals surface area contributed by atoms with E-state index in [9.17, 15) is 10.1 Å². The van der Waals surface area contributed by atoms with Crippen molar-refractivity contribution in [3.05, 3.63) is 39.9 Å². The first-order chi connectivity index (χ1) is 8.13. The molecular formula is C13H18N2O2. The minimum Gasteiger partial charge on any atom is -0.307 e. The molecule has 0 aliphatic heterocycles. The van der Waals surface area contributed by atoms with Crippen molar-refractivity contribution in [1.82, 2.24) is 5.32 Å². The van der Waals surface area contributed by atoms with Gasteiger partial charge in [0.25, 0.3) is 5.69 Å². The summed E-state index contributed by atoms with van der Waals surface area (Å²) in [5, 5.41) is 14.4. The largest absolute Gasteiger partial charge is 0.307 e. The normalized spacial score (nSPS) is 24.4. The molecule has 1 aliphatic carbocycles. The summed E-state index contributed by atoms with van der Waals surface area (Å²) in [6.45, 7) is 4.18. The molecule has 2 rings (SSSR count). The van der Waals surface area contributed by atoms with Gasteiger partial charge < -0.3 is 5.32 Å². The second-order valence-corrected chi connectivity index (χ2v) is 4.71. The van der Waals surface area contributed by atoms with Crippen molar-refractivity contribution in [3.8, 4) is 0 Å². The summed E-state index contributed by atoms with van der Waals surface area (Å²) in [6.07, 6.45) is 2.38. The van der Waals surface area contributed by atoms with Crippen LogP contribution in [0.5, 0.6) is 0 Å². The van der Waals surface area contributed by atoms with Gasteiger partial charge in [0.05, 0.1) is 4.92 Å². The first-order valence-electron chi connectivity index (χ1n) is 6.12. The van der Waals surface area contributed by atoms with Crippen molar-refractivity contribution in [2.24, 2.45) is 5.92 Å². The number of hydrogen-bond acceptors (Lipinski definition) is 3. The van der Waals surface area contributed by atoms with Crippen molar-refractivity contribution in [2.75, 3.05) is 0 Å². The van der Waals surface area contributed by atoms with Crippen LogP contribution in [0, 0.1) is 16.0 Å².